The molecule has 0 amide bonds. The van der Waals surface area contributed by atoms with Crippen LogP contribution in [0, 0.1) is 6.92 Å². The summed E-state index contributed by atoms with van der Waals surface area (Å²) in [6.45, 7) is 5.65. The highest BCUT2D eigenvalue weighted by Gasteiger charge is 2.17. The molecule has 3 rings (SSSR count). The number of rotatable bonds is 3. The first-order valence-electron chi connectivity index (χ1n) is 8.08. The van der Waals surface area contributed by atoms with Crippen molar-refractivity contribution in [2.24, 2.45) is 0 Å². The zero-order chi connectivity index (χ0) is 15.5. The van der Waals surface area contributed by atoms with Crippen LogP contribution in [-0.2, 0) is 11.2 Å². The third-order valence-corrected chi connectivity index (χ3v) is 4.51. The molecule has 0 spiro atoms. The molecule has 0 saturated carbocycles. The standard InChI is InChI=1S/C19H23NO2/c1-3-15-4-6-16(7-5-15)18-13-20(12-14(2)19(18)21)17-8-10-22-11-9-17/h4-7,12-13,17H,3,8-11H2,1-2H3. The lowest BCUT2D eigenvalue weighted by molar-refractivity contribution is 0.0694. The molecular weight excluding hydrogens is 274 g/mol. The average molecular weight is 297 g/mol. The van der Waals surface area contributed by atoms with Gasteiger partial charge in [0, 0.05) is 42.8 Å². The molecule has 0 atom stereocenters. The predicted molar refractivity (Wildman–Crippen MR) is 89.3 cm³/mol. The molecule has 22 heavy (non-hydrogen) atoms. The average Bonchev–Trinajstić information content (AvgIpc) is 2.58. The summed E-state index contributed by atoms with van der Waals surface area (Å²) < 4.78 is 7.65. The molecule has 0 unspecified atom stereocenters. The maximum atomic E-state index is 12.5. The van der Waals surface area contributed by atoms with E-state index < -0.39 is 0 Å². The SMILES string of the molecule is CCc1ccc(-c2cn(C3CCOCC3)cc(C)c2=O)cc1. The third kappa shape index (κ3) is 3.00. The first-order chi connectivity index (χ1) is 10.7. The zero-order valence-corrected chi connectivity index (χ0v) is 13.3. The molecule has 1 fully saturated rings. The molecule has 1 aromatic heterocycles. The molecule has 3 nitrogen and oxygen atoms in total. The Bertz CT molecular complexity index is 694. The van der Waals surface area contributed by atoms with Crippen molar-refractivity contribution in [1.82, 2.24) is 4.57 Å². The Hall–Kier alpha value is -1.87. The van der Waals surface area contributed by atoms with Crippen molar-refractivity contribution in [1.29, 1.82) is 0 Å². The van der Waals surface area contributed by atoms with Gasteiger partial charge in [-0.15, -0.1) is 0 Å². The van der Waals surface area contributed by atoms with Gasteiger partial charge in [0.25, 0.3) is 0 Å². The van der Waals surface area contributed by atoms with Crippen molar-refractivity contribution in [2.45, 2.75) is 39.2 Å². The fraction of sp³-hybridized carbons (Fsp3) is 0.421. The molecule has 1 aliphatic heterocycles. The number of pyridine rings is 1. The number of hydrogen-bond donors (Lipinski definition) is 0. The van der Waals surface area contributed by atoms with Crippen LogP contribution in [0.1, 0.15) is 36.9 Å². The normalized spacial score (nSPS) is 15.9. The number of ether oxygens (including phenoxy) is 1. The van der Waals surface area contributed by atoms with Crippen LogP contribution >= 0.6 is 0 Å². The largest absolute Gasteiger partial charge is 0.381 e. The number of hydrogen-bond acceptors (Lipinski definition) is 2. The van der Waals surface area contributed by atoms with Crippen molar-refractivity contribution in [3.8, 4) is 11.1 Å². The number of aromatic nitrogens is 1. The van der Waals surface area contributed by atoms with E-state index in [1.165, 1.54) is 5.56 Å². The molecule has 0 bridgehead atoms. The van der Waals surface area contributed by atoms with Gasteiger partial charge in [0.1, 0.15) is 0 Å². The van der Waals surface area contributed by atoms with E-state index in [9.17, 15) is 4.79 Å². The predicted octanol–water partition coefficient (Wildman–Crippen LogP) is 3.74. The van der Waals surface area contributed by atoms with E-state index in [0.717, 1.165) is 49.2 Å². The van der Waals surface area contributed by atoms with Crippen LogP contribution < -0.4 is 5.43 Å². The lowest BCUT2D eigenvalue weighted by Crippen LogP contribution is -2.22. The van der Waals surface area contributed by atoms with Gasteiger partial charge in [0.05, 0.1) is 0 Å². The Kier molecular flexibility index (Phi) is 4.44. The first-order valence-corrected chi connectivity index (χ1v) is 8.08. The summed E-state index contributed by atoms with van der Waals surface area (Å²) >= 11 is 0. The van der Waals surface area contributed by atoms with Crippen LogP contribution in [0.15, 0.2) is 41.5 Å². The van der Waals surface area contributed by atoms with Gasteiger partial charge in [-0.1, -0.05) is 31.2 Å². The lowest BCUT2D eigenvalue weighted by Gasteiger charge is -2.25. The van der Waals surface area contributed by atoms with Gasteiger partial charge >= 0.3 is 0 Å². The second-order valence-electron chi connectivity index (χ2n) is 6.03. The summed E-state index contributed by atoms with van der Waals surface area (Å²) in [6.07, 6.45) is 7.04. The van der Waals surface area contributed by atoms with Crippen LogP contribution in [0.2, 0.25) is 0 Å². The van der Waals surface area contributed by atoms with Crippen molar-refractivity contribution in [3.63, 3.8) is 0 Å². The zero-order valence-electron chi connectivity index (χ0n) is 13.3. The highest BCUT2D eigenvalue weighted by molar-refractivity contribution is 5.63. The Balaban J connectivity index is 2.01. The molecule has 2 heterocycles. The van der Waals surface area contributed by atoms with Gasteiger partial charge in [-0.3, -0.25) is 4.79 Å². The van der Waals surface area contributed by atoms with Gasteiger partial charge in [0.15, 0.2) is 5.43 Å². The van der Waals surface area contributed by atoms with Gasteiger partial charge in [-0.25, -0.2) is 0 Å². The number of aryl methyl sites for hydroxylation is 2. The first kappa shape index (κ1) is 15.0. The molecule has 116 valence electrons. The maximum Gasteiger partial charge on any atom is 0.192 e. The van der Waals surface area contributed by atoms with Crippen LogP contribution in [0.4, 0.5) is 0 Å². The molecule has 1 saturated heterocycles. The highest BCUT2D eigenvalue weighted by Crippen LogP contribution is 2.24. The van der Waals surface area contributed by atoms with Crippen LogP contribution in [0.5, 0.6) is 0 Å². The highest BCUT2D eigenvalue weighted by atomic mass is 16.5. The molecule has 0 N–H and O–H groups in total. The van der Waals surface area contributed by atoms with Crippen molar-refractivity contribution in [2.75, 3.05) is 13.2 Å². The molecule has 0 aliphatic carbocycles. The number of nitrogens with zero attached hydrogens (tertiary/aromatic N) is 1. The summed E-state index contributed by atoms with van der Waals surface area (Å²) in [4.78, 5) is 12.5. The molecule has 1 aliphatic rings. The smallest absolute Gasteiger partial charge is 0.192 e. The maximum absolute atomic E-state index is 12.5. The summed E-state index contributed by atoms with van der Waals surface area (Å²) in [5.74, 6) is 0. The summed E-state index contributed by atoms with van der Waals surface area (Å²) in [7, 11) is 0. The van der Waals surface area contributed by atoms with Gasteiger partial charge in [-0.2, -0.15) is 0 Å². The van der Waals surface area contributed by atoms with Crippen LogP contribution in [0.3, 0.4) is 0 Å². The topological polar surface area (TPSA) is 31.2 Å². The second kappa shape index (κ2) is 6.49. The minimum absolute atomic E-state index is 0.132. The second-order valence-corrected chi connectivity index (χ2v) is 6.03. The van der Waals surface area contributed by atoms with Crippen molar-refractivity contribution in [3.05, 3.63) is 58.0 Å². The third-order valence-electron chi connectivity index (χ3n) is 4.51. The van der Waals surface area contributed by atoms with E-state index in [2.05, 4.69) is 35.8 Å². The van der Waals surface area contributed by atoms with E-state index in [-0.39, 0.29) is 5.43 Å². The molecule has 3 heteroatoms. The Morgan fingerprint density at radius 2 is 1.82 bits per heavy atom. The van der Waals surface area contributed by atoms with E-state index in [4.69, 9.17) is 4.74 Å². The monoisotopic (exact) mass is 297 g/mol. The van der Waals surface area contributed by atoms with E-state index in [1.807, 2.05) is 19.3 Å². The Morgan fingerprint density at radius 3 is 2.45 bits per heavy atom. The quantitative estimate of drug-likeness (QED) is 0.864. The van der Waals surface area contributed by atoms with E-state index in [1.54, 1.807) is 0 Å². The molecule has 2 aromatic rings. The summed E-state index contributed by atoms with van der Waals surface area (Å²) in [5.41, 5.74) is 4.04. The summed E-state index contributed by atoms with van der Waals surface area (Å²) in [6, 6.07) is 8.76. The Morgan fingerprint density at radius 1 is 1.14 bits per heavy atom. The van der Waals surface area contributed by atoms with Crippen LogP contribution in [-0.4, -0.2) is 17.8 Å². The fourth-order valence-electron chi connectivity index (χ4n) is 3.06. The van der Waals surface area contributed by atoms with Gasteiger partial charge < -0.3 is 9.30 Å². The lowest BCUT2D eigenvalue weighted by atomic mass is 10.0. The van der Waals surface area contributed by atoms with Gasteiger partial charge in [-0.05, 0) is 37.3 Å². The molecule has 0 radical (unpaired) electrons. The minimum Gasteiger partial charge on any atom is -0.381 e. The van der Waals surface area contributed by atoms with Crippen molar-refractivity contribution < 1.29 is 4.74 Å². The number of benzene rings is 1. The van der Waals surface area contributed by atoms with Crippen molar-refractivity contribution >= 4 is 0 Å². The molecular formula is C19H23NO2. The fourth-order valence-corrected chi connectivity index (χ4v) is 3.06. The van der Waals surface area contributed by atoms with E-state index in [0.29, 0.717) is 6.04 Å². The van der Waals surface area contributed by atoms with Crippen LogP contribution in [0.25, 0.3) is 11.1 Å². The Labute approximate surface area is 131 Å². The van der Waals surface area contributed by atoms with Gasteiger partial charge in [0.2, 0.25) is 0 Å². The summed E-state index contributed by atoms with van der Waals surface area (Å²) in [5, 5.41) is 0. The molecule has 1 aromatic carbocycles. The van der Waals surface area contributed by atoms with E-state index >= 15 is 0 Å². The minimum atomic E-state index is 0.132.